The van der Waals surface area contributed by atoms with E-state index in [-0.39, 0.29) is 23.4 Å². The van der Waals surface area contributed by atoms with E-state index in [4.69, 9.17) is 0 Å². The number of alkyl halides is 3. The van der Waals surface area contributed by atoms with Gasteiger partial charge in [0.2, 0.25) is 11.8 Å². The number of halogens is 3. The zero-order valence-electron chi connectivity index (χ0n) is 19.3. The Bertz CT molecular complexity index is 1650. The Morgan fingerprint density at radius 2 is 1.81 bits per heavy atom. The summed E-state index contributed by atoms with van der Waals surface area (Å²) in [6, 6.07) is 4.04. The number of hydrogen-bond donors (Lipinski definition) is 3. The number of imidazole rings is 1. The smallest absolute Gasteiger partial charge is 0.433 e. The predicted octanol–water partition coefficient (Wildman–Crippen LogP) is 0.198. The van der Waals surface area contributed by atoms with Gasteiger partial charge in [-0.15, -0.1) is 0 Å². The number of aromatic hydroxyl groups is 1. The average Bonchev–Trinajstić information content (AvgIpc) is 3.51. The molecule has 1 aliphatic carbocycles. The number of nitrogens with zero attached hydrogens (tertiary/aromatic N) is 8. The summed E-state index contributed by atoms with van der Waals surface area (Å²) in [7, 11) is 0. The number of anilines is 2. The molecule has 0 aromatic carbocycles. The zero-order chi connectivity index (χ0) is 25.7. The first-order valence-electron chi connectivity index (χ1n) is 11.6. The molecular formula is C22H21F3N10O2. The number of hydrogen-bond acceptors (Lipinski definition) is 9. The van der Waals surface area contributed by atoms with Crippen LogP contribution in [-0.4, -0.2) is 71.9 Å². The zero-order valence-corrected chi connectivity index (χ0v) is 19.3. The molecule has 4 aromatic rings. The molecule has 0 spiro atoms. The van der Waals surface area contributed by atoms with Gasteiger partial charge in [0.25, 0.3) is 5.62 Å². The predicted molar refractivity (Wildman–Crippen MR) is 125 cm³/mol. The van der Waals surface area contributed by atoms with Gasteiger partial charge in [0.15, 0.2) is 5.65 Å². The molecule has 2 fully saturated rings. The van der Waals surface area contributed by atoms with Crippen LogP contribution in [0.3, 0.4) is 0 Å². The van der Waals surface area contributed by atoms with Crippen LogP contribution in [0.25, 0.3) is 11.7 Å². The molecule has 1 saturated heterocycles. The maximum absolute atomic E-state index is 13.1. The monoisotopic (exact) mass is 514 g/mol. The van der Waals surface area contributed by atoms with Crippen molar-refractivity contribution >= 4 is 23.5 Å². The van der Waals surface area contributed by atoms with Gasteiger partial charge in [0.1, 0.15) is 17.2 Å². The fraction of sp³-hybridized carbons (Fsp3) is 0.364. The molecule has 4 aromatic heterocycles. The van der Waals surface area contributed by atoms with Crippen molar-refractivity contribution in [2.45, 2.75) is 25.1 Å². The van der Waals surface area contributed by atoms with Crippen LogP contribution in [0.2, 0.25) is 0 Å². The second-order valence-electron chi connectivity index (χ2n) is 8.86. The number of nitrogens with one attached hydrogen (secondary N) is 2. The van der Waals surface area contributed by atoms with Crippen molar-refractivity contribution in [3.8, 4) is 5.88 Å². The minimum Gasteiger partial charge on any atom is -0.493 e. The van der Waals surface area contributed by atoms with Crippen molar-refractivity contribution in [3.63, 3.8) is 0 Å². The summed E-state index contributed by atoms with van der Waals surface area (Å²) < 4.78 is 40.8. The highest BCUT2D eigenvalue weighted by atomic mass is 19.4. The van der Waals surface area contributed by atoms with Crippen LogP contribution >= 0.6 is 0 Å². The Morgan fingerprint density at radius 1 is 1.05 bits per heavy atom. The number of aromatic amines is 2. The highest BCUT2D eigenvalue weighted by Gasteiger charge is 2.33. The van der Waals surface area contributed by atoms with Crippen LogP contribution in [0.15, 0.2) is 34.2 Å². The van der Waals surface area contributed by atoms with E-state index >= 15 is 0 Å². The molecule has 1 aliphatic heterocycles. The molecule has 192 valence electrons. The molecule has 2 aliphatic rings. The topological polar surface area (TPSA) is 144 Å². The maximum atomic E-state index is 13.1. The molecule has 5 heterocycles. The van der Waals surface area contributed by atoms with Crippen molar-refractivity contribution < 1.29 is 18.3 Å². The summed E-state index contributed by atoms with van der Waals surface area (Å²) in [6.07, 6.45) is 0.503. The van der Waals surface area contributed by atoms with Gasteiger partial charge in [-0.05, 0) is 31.1 Å². The highest BCUT2D eigenvalue weighted by molar-refractivity contribution is 5.57. The summed E-state index contributed by atoms with van der Waals surface area (Å²) >= 11 is 0. The number of piperazine rings is 1. The third-order valence-electron chi connectivity index (χ3n) is 6.16. The Balaban J connectivity index is 1.33. The molecule has 3 N–H and O–H groups in total. The second kappa shape index (κ2) is 8.60. The van der Waals surface area contributed by atoms with Crippen molar-refractivity contribution in [2.75, 3.05) is 36.0 Å². The van der Waals surface area contributed by atoms with Crippen molar-refractivity contribution in [1.82, 2.24) is 34.5 Å². The number of H-pyrrole nitrogens is 2. The first-order valence-corrected chi connectivity index (χ1v) is 11.6. The lowest BCUT2D eigenvalue weighted by Crippen LogP contribution is -2.48. The van der Waals surface area contributed by atoms with Gasteiger partial charge in [-0.2, -0.15) is 32.8 Å². The molecular weight excluding hydrogens is 493 g/mol. The number of fused-ring (bicyclic) bond motifs is 1. The largest absolute Gasteiger partial charge is 0.493 e. The van der Waals surface area contributed by atoms with Gasteiger partial charge >= 0.3 is 11.9 Å². The van der Waals surface area contributed by atoms with Gasteiger partial charge in [-0.3, -0.25) is 4.98 Å². The molecule has 15 heteroatoms. The van der Waals surface area contributed by atoms with Gasteiger partial charge in [-0.1, -0.05) is 6.07 Å². The van der Waals surface area contributed by atoms with Crippen LogP contribution in [0, 0.1) is 0 Å². The maximum Gasteiger partial charge on any atom is 0.433 e. The second-order valence-corrected chi connectivity index (χ2v) is 8.86. The van der Waals surface area contributed by atoms with Gasteiger partial charge < -0.3 is 19.9 Å². The molecule has 0 bridgehead atoms. The minimum absolute atomic E-state index is 0.163. The SMILES string of the molecule is O=c1[nH]c(O)c(/C=c2\cnn3c(=NC4CC4)nc(N4CCN(c5cccc(C(F)(F)F)n5)CC4)nc23)[nH]1. The van der Waals surface area contributed by atoms with Crippen molar-refractivity contribution in [1.29, 1.82) is 0 Å². The molecule has 0 atom stereocenters. The Kier molecular flexibility index (Phi) is 5.35. The van der Waals surface area contributed by atoms with E-state index in [1.165, 1.54) is 10.6 Å². The molecule has 0 amide bonds. The quantitative estimate of drug-likeness (QED) is 0.350. The molecule has 37 heavy (non-hydrogen) atoms. The summed E-state index contributed by atoms with van der Waals surface area (Å²) in [5.41, 5.74) is -0.466. The number of aromatic nitrogens is 7. The van der Waals surface area contributed by atoms with Crippen LogP contribution < -0.4 is 26.3 Å². The lowest BCUT2D eigenvalue weighted by Gasteiger charge is -2.35. The Hall–Kier alpha value is -4.43. The molecule has 12 nitrogen and oxygen atoms in total. The third kappa shape index (κ3) is 4.59. The summed E-state index contributed by atoms with van der Waals surface area (Å²) in [6.45, 7) is 1.76. The standard InChI is InChI=1S/C22H21F3N10O2/c23-22(24,25)15-2-1-3-16(29-15)33-6-8-34(9-7-33)19-30-17-12(10-14-18(36)31-21(37)28-14)11-26-35(17)20(32-19)27-13-4-5-13/h1-3,10-11,13,36H,4-9H2,(H2,28,31,37)/b12-10+,27-20?. The van der Waals surface area contributed by atoms with Crippen LogP contribution in [0.5, 0.6) is 5.88 Å². The van der Waals surface area contributed by atoms with E-state index in [0.717, 1.165) is 18.9 Å². The summed E-state index contributed by atoms with van der Waals surface area (Å²) in [5, 5.41) is 14.8. The molecule has 1 saturated carbocycles. The lowest BCUT2D eigenvalue weighted by atomic mass is 10.3. The van der Waals surface area contributed by atoms with Gasteiger partial charge in [0.05, 0.1) is 12.2 Å². The average molecular weight is 514 g/mol. The third-order valence-corrected chi connectivity index (χ3v) is 6.16. The minimum atomic E-state index is -4.51. The number of rotatable bonds is 4. The van der Waals surface area contributed by atoms with Crippen LogP contribution in [-0.2, 0) is 6.18 Å². The Labute approximate surface area is 205 Å². The van der Waals surface area contributed by atoms with E-state index in [1.807, 2.05) is 4.90 Å². The first kappa shape index (κ1) is 23.0. The van der Waals surface area contributed by atoms with Crippen molar-refractivity contribution in [3.05, 3.63) is 57.1 Å². The van der Waals surface area contributed by atoms with Crippen LogP contribution in [0.4, 0.5) is 24.9 Å². The fourth-order valence-electron chi connectivity index (χ4n) is 4.10. The molecule has 0 unspecified atom stereocenters. The molecule has 0 radical (unpaired) electrons. The van der Waals surface area contributed by atoms with Gasteiger partial charge in [0, 0.05) is 31.4 Å². The van der Waals surface area contributed by atoms with E-state index < -0.39 is 17.6 Å². The first-order chi connectivity index (χ1) is 17.7. The Morgan fingerprint density at radius 3 is 2.49 bits per heavy atom. The van der Waals surface area contributed by atoms with E-state index in [1.54, 1.807) is 23.2 Å². The normalized spacial score (nSPS) is 17.8. The van der Waals surface area contributed by atoms with E-state index in [2.05, 4.69) is 35.0 Å². The number of pyridine rings is 1. The summed E-state index contributed by atoms with van der Waals surface area (Å²) in [5.74, 6) is 0.370. The van der Waals surface area contributed by atoms with Gasteiger partial charge in [-0.25, -0.2) is 14.8 Å². The van der Waals surface area contributed by atoms with Crippen LogP contribution in [0.1, 0.15) is 24.2 Å². The van der Waals surface area contributed by atoms with Crippen molar-refractivity contribution in [2.24, 2.45) is 4.99 Å². The fourth-order valence-corrected chi connectivity index (χ4v) is 4.10. The summed E-state index contributed by atoms with van der Waals surface area (Å²) in [4.78, 5) is 37.8. The molecule has 6 rings (SSSR count). The van der Waals surface area contributed by atoms with E-state index in [9.17, 15) is 23.1 Å². The van der Waals surface area contributed by atoms with E-state index in [0.29, 0.717) is 48.6 Å². The highest BCUT2D eigenvalue weighted by Crippen LogP contribution is 2.29. The lowest BCUT2D eigenvalue weighted by molar-refractivity contribution is -0.141.